The molecule has 120 valence electrons. The van der Waals surface area contributed by atoms with Crippen LogP contribution in [0.4, 0.5) is 4.79 Å². The zero-order chi connectivity index (χ0) is 16.3. The van der Waals surface area contributed by atoms with E-state index in [0.29, 0.717) is 0 Å². The highest BCUT2D eigenvalue weighted by Gasteiger charge is 2.22. The van der Waals surface area contributed by atoms with Crippen molar-refractivity contribution in [2.45, 2.75) is 32.2 Å². The van der Waals surface area contributed by atoms with Gasteiger partial charge < -0.3 is 25.2 Å². The van der Waals surface area contributed by atoms with Crippen molar-refractivity contribution < 1.29 is 33.8 Å². The Morgan fingerprint density at radius 2 is 1.86 bits per heavy atom. The third-order valence-electron chi connectivity index (χ3n) is 2.16. The summed E-state index contributed by atoms with van der Waals surface area (Å²) in [4.78, 5) is 42.8. The number of ether oxygens (including phenoxy) is 2. The number of urea groups is 1. The van der Waals surface area contributed by atoms with E-state index in [1.54, 1.807) is 0 Å². The second kappa shape index (κ2) is 10.4. The molecule has 0 aliphatic heterocycles. The molecule has 0 spiro atoms. The summed E-state index contributed by atoms with van der Waals surface area (Å²) in [6.45, 7) is 3.46. The van der Waals surface area contributed by atoms with Crippen LogP contribution in [0.15, 0.2) is 0 Å². The standard InChI is InChI=1S/C11H19N3O7/c1-7(2)12-3-8(10(17)18)13-11(19)14-9(21-6-16)4-20-5-15/h5-9,12H,3-4H2,1-2H3,(H,17,18)(H2,13,14,19). The lowest BCUT2D eigenvalue weighted by molar-refractivity contribution is -0.143. The molecule has 0 aromatic carbocycles. The van der Waals surface area contributed by atoms with Gasteiger partial charge in [-0.2, -0.15) is 0 Å². The van der Waals surface area contributed by atoms with Gasteiger partial charge in [-0.1, -0.05) is 13.8 Å². The van der Waals surface area contributed by atoms with Crippen LogP contribution < -0.4 is 16.0 Å². The zero-order valence-electron chi connectivity index (χ0n) is 11.7. The second-order valence-corrected chi connectivity index (χ2v) is 4.22. The molecule has 0 heterocycles. The first-order valence-corrected chi connectivity index (χ1v) is 6.08. The van der Waals surface area contributed by atoms with Gasteiger partial charge >= 0.3 is 12.0 Å². The van der Waals surface area contributed by atoms with Gasteiger partial charge in [0.25, 0.3) is 12.9 Å². The lowest BCUT2D eigenvalue weighted by atomic mass is 10.2. The Morgan fingerprint density at radius 3 is 2.33 bits per heavy atom. The van der Waals surface area contributed by atoms with Gasteiger partial charge in [0.15, 0.2) is 0 Å². The maximum atomic E-state index is 11.6. The van der Waals surface area contributed by atoms with E-state index in [1.807, 2.05) is 13.8 Å². The van der Waals surface area contributed by atoms with Gasteiger partial charge in [-0.25, -0.2) is 9.59 Å². The number of carboxylic acid groups (broad SMARTS) is 1. The van der Waals surface area contributed by atoms with Gasteiger partial charge in [0.2, 0.25) is 6.23 Å². The molecule has 4 N–H and O–H groups in total. The second-order valence-electron chi connectivity index (χ2n) is 4.22. The highest BCUT2D eigenvalue weighted by atomic mass is 16.6. The van der Waals surface area contributed by atoms with Crippen molar-refractivity contribution >= 4 is 24.9 Å². The van der Waals surface area contributed by atoms with E-state index in [9.17, 15) is 19.2 Å². The molecular weight excluding hydrogens is 286 g/mol. The van der Waals surface area contributed by atoms with Gasteiger partial charge in [0, 0.05) is 12.6 Å². The molecule has 2 unspecified atom stereocenters. The van der Waals surface area contributed by atoms with Gasteiger partial charge in [-0.05, 0) is 0 Å². The Hall–Kier alpha value is -2.36. The predicted molar refractivity (Wildman–Crippen MR) is 69.2 cm³/mol. The normalized spacial score (nSPS) is 12.9. The van der Waals surface area contributed by atoms with Crippen molar-refractivity contribution in [1.82, 2.24) is 16.0 Å². The molecule has 0 bridgehead atoms. The highest BCUT2D eigenvalue weighted by Crippen LogP contribution is 1.89. The van der Waals surface area contributed by atoms with E-state index in [2.05, 4.69) is 25.4 Å². The average molecular weight is 305 g/mol. The zero-order valence-corrected chi connectivity index (χ0v) is 11.7. The summed E-state index contributed by atoms with van der Waals surface area (Å²) in [6, 6.07) is -2.01. The summed E-state index contributed by atoms with van der Waals surface area (Å²) in [7, 11) is 0. The summed E-state index contributed by atoms with van der Waals surface area (Å²) in [6.07, 6.45) is -1.21. The van der Waals surface area contributed by atoms with Crippen LogP contribution in [0.3, 0.4) is 0 Å². The molecule has 0 aromatic heterocycles. The molecule has 0 saturated carbocycles. The summed E-state index contributed by atoms with van der Waals surface area (Å²) >= 11 is 0. The van der Waals surface area contributed by atoms with Crippen LogP contribution in [0.25, 0.3) is 0 Å². The number of rotatable bonds is 11. The Labute approximate surface area is 121 Å². The van der Waals surface area contributed by atoms with Gasteiger partial charge in [-0.3, -0.25) is 14.9 Å². The van der Waals surface area contributed by atoms with Crippen molar-refractivity contribution in [1.29, 1.82) is 0 Å². The van der Waals surface area contributed by atoms with E-state index in [1.165, 1.54) is 0 Å². The number of carboxylic acids is 1. The molecule has 21 heavy (non-hydrogen) atoms. The third-order valence-corrected chi connectivity index (χ3v) is 2.16. The first kappa shape index (κ1) is 18.6. The van der Waals surface area contributed by atoms with Crippen molar-refractivity contribution in [3.8, 4) is 0 Å². The minimum Gasteiger partial charge on any atom is -0.480 e. The number of hydrogen-bond acceptors (Lipinski definition) is 7. The lowest BCUT2D eigenvalue weighted by Gasteiger charge is -2.20. The number of nitrogens with one attached hydrogen (secondary N) is 3. The minimum absolute atomic E-state index is 0.0183. The van der Waals surface area contributed by atoms with Crippen LogP contribution in [-0.2, 0) is 23.9 Å². The first-order chi connectivity index (χ1) is 9.90. The number of carbonyl (C=O) groups is 4. The van der Waals surface area contributed by atoms with Crippen molar-refractivity contribution in [2.24, 2.45) is 0 Å². The van der Waals surface area contributed by atoms with E-state index < -0.39 is 30.9 Å². The maximum absolute atomic E-state index is 11.6. The predicted octanol–water partition coefficient (Wildman–Crippen LogP) is -1.59. The molecule has 10 heteroatoms. The van der Waals surface area contributed by atoms with Gasteiger partial charge in [0.05, 0.1) is 0 Å². The Balaban J connectivity index is 4.41. The summed E-state index contributed by atoms with van der Waals surface area (Å²) in [5, 5.41) is 16.2. The molecule has 0 aromatic rings. The van der Waals surface area contributed by atoms with E-state index >= 15 is 0 Å². The number of hydrogen-bond donors (Lipinski definition) is 4. The molecule has 0 saturated heterocycles. The molecule has 0 fully saturated rings. The highest BCUT2D eigenvalue weighted by molar-refractivity contribution is 5.82. The van der Waals surface area contributed by atoms with Crippen LogP contribution in [-0.4, -0.2) is 61.5 Å². The molecule has 0 aliphatic rings. The molecule has 0 radical (unpaired) electrons. The number of amides is 2. The molecule has 0 rings (SSSR count). The fourth-order valence-electron chi connectivity index (χ4n) is 1.21. The Kier molecular flexibility index (Phi) is 9.26. The Morgan fingerprint density at radius 1 is 1.19 bits per heavy atom. The smallest absolute Gasteiger partial charge is 0.327 e. The number of carbonyl (C=O) groups excluding carboxylic acids is 3. The van der Waals surface area contributed by atoms with Crippen LogP contribution in [0.5, 0.6) is 0 Å². The quantitative estimate of drug-likeness (QED) is 0.264. The largest absolute Gasteiger partial charge is 0.480 e. The average Bonchev–Trinajstić information content (AvgIpc) is 2.40. The maximum Gasteiger partial charge on any atom is 0.327 e. The van der Waals surface area contributed by atoms with Gasteiger partial charge in [0.1, 0.15) is 12.6 Å². The van der Waals surface area contributed by atoms with Crippen LogP contribution >= 0.6 is 0 Å². The monoisotopic (exact) mass is 305 g/mol. The summed E-state index contributed by atoms with van der Waals surface area (Å²) in [5.74, 6) is -1.23. The van der Waals surface area contributed by atoms with Crippen LogP contribution in [0.2, 0.25) is 0 Å². The molecule has 10 nitrogen and oxygen atoms in total. The molecular formula is C11H19N3O7. The summed E-state index contributed by atoms with van der Waals surface area (Å²) in [5.41, 5.74) is 0. The molecule has 2 atom stereocenters. The van der Waals surface area contributed by atoms with Crippen LogP contribution in [0, 0.1) is 0 Å². The fraction of sp³-hybridized carbons (Fsp3) is 0.636. The summed E-state index contributed by atoms with van der Waals surface area (Å²) < 4.78 is 8.80. The first-order valence-electron chi connectivity index (χ1n) is 6.08. The van der Waals surface area contributed by atoms with E-state index in [-0.39, 0.29) is 25.5 Å². The number of aliphatic carboxylic acids is 1. The topological polar surface area (TPSA) is 143 Å². The van der Waals surface area contributed by atoms with Crippen molar-refractivity contribution in [3.63, 3.8) is 0 Å². The lowest BCUT2D eigenvalue weighted by Crippen LogP contribution is -2.54. The fourth-order valence-corrected chi connectivity index (χ4v) is 1.21. The van der Waals surface area contributed by atoms with Crippen molar-refractivity contribution in [3.05, 3.63) is 0 Å². The van der Waals surface area contributed by atoms with Crippen LogP contribution in [0.1, 0.15) is 13.8 Å². The van der Waals surface area contributed by atoms with Crippen molar-refractivity contribution in [2.75, 3.05) is 13.2 Å². The van der Waals surface area contributed by atoms with E-state index in [4.69, 9.17) is 5.11 Å². The SMILES string of the molecule is CC(C)NCC(NC(=O)NC(COC=O)OC=O)C(=O)O. The Bertz CT molecular complexity index is 362. The molecule has 2 amide bonds. The minimum atomic E-state index is -1.23. The third kappa shape index (κ3) is 9.21. The van der Waals surface area contributed by atoms with Gasteiger partial charge in [-0.15, -0.1) is 0 Å². The molecule has 0 aliphatic carbocycles. The van der Waals surface area contributed by atoms with E-state index in [0.717, 1.165) is 0 Å².